The molecule has 144 valence electrons. The van der Waals surface area contributed by atoms with Crippen LogP contribution >= 0.6 is 11.3 Å². The van der Waals surface area contributed by atoms with Gasteiger partial charge in [0.25, 0.3) is 0 Å². The van der Waals surface area contributed by atoms with Crippen LogP contribution in [-0.2, 0) is 23.4 Å². The fourth-order valence-electron chi connectivity index (χ4n) is 1.73. The molecule has 25 heavy (non-hydrogen) atoms. The first-order chi connectivity index (χ1) is 11.5. The molecule has 0 saturated heterocycles. The van der Waals surface area contributed by atoms with E-state index in [9.17, 15) is 17.4 Å². The highest BCUT2D eigenvalue weighted by Gasteiger charge is 2.33. The Balaban J connectivity index is 2.48. The highest BCUT2D eigenvalue weighted by atomic mass is 32.2. The van der Waals surface area contributed by atoms with E-state index >= 15 is 0 Å². The zero-order chi connectivity index (χ0) is 19.1. The van der Waals surface area contributed by atoms with Gasteiger partial charge in [0.1, 0.15) is 0 Å². The molecule has 0 spiro atoms. The Morgan fingerprint density at radius 2 is 2.00 bits per heavy atom. The lowest BCUT2D eigenvalue weighted by Crippen LogP contribution is -2.38. The number of thiazole rings is 1. The first-order valence-corrected chi connectivity index (χ1v) is 10.2. The number of alkyl halides is 3. The molecule has 1 aromatic heterocycles. The standard InChI is InChI=1S/C15H25F3N4OS2/c1-5-19-13(21-8-9-25(23)14(2,3)4)20-7-6-12-22-11(10-24-12)15(16,17)18/h10H,5-9H2,1-4H3,(H2,19,20,21). The maximum Gasteiger partial charge on any atom is 0.434 e. The van der Waals surface area contributed by atoms with Crippen LogP contribution in [0.5, 0.6) is 0 Å². The Bertz CT molecular complexity index is 594. The predicted molar refractivity (Wildman–Crippen MR) is 97.6 cm³/mol. The molecular weight excluding hydrogens is 373 g/mol. The van der Waals surface area contributed by atoms with Gasteiger partial charge in [0.15, 0.2) is 11.7 Å². The van der Waals surface area contributed by atoms with Crippen molar-refractivity contribution in [3.63, 3.8) is 0 Å². The quantitative estimate of drug-likeness (QED) is 0.548. The summed E-state index contributed by atoms with van der Waals surface area (Å²) in [5.41, 5.74) is -0.849. The van der Waals surface area contributed by atoms with Crippen LogP contribution in [0, 0.1) is 0 Å². The van der Waals surface area contributed by atoms with Crippen LogP contribution in [0.1, 0.15) is 38.4 Å². The second-order valence-electron chi connectivity index (χ2n) is 6.22. The fraction of sp³-hybridized carbons (Fsp3) is 0.733. The lowest BCUT2D eigenvalue weighted by atomic mass is 10.3. The van der Waals surface area contributed by atoms with Gasteiger partial charge in [-0.1, -0.05) is 0 Å². The van der Waals surface area contributed by atoms with E-state index < -0.39 is 22.7 Å². The Morgan fingerprint density at radius 1 is 1.32 bits per heavy atom. The molecule has 0 aliphatic carbocycles. The smallest absolute Gasteiger partial charge is 0.357 e. The summed E-state index contributed by atoms with van der Waals surface area (Å²) in [6.07, 6.45) is -4.03. The number of hydrogen-bond donors (Lipinski definition) is 2. The van der Waals surface area contributed by atoms with Crippen molar-refractivity contribution in [2.75, 3.05) is 25.4 Å². The summed E-state index contributed by atoms with van der Waals surface area (Å²) in [5.74, 6) is 1.02. The van der Waals surface area contributed by atoms with E-state index in [2.05, 4.69) is 20.6 Å². The molecule has 0 aromatic carbocycles. The molecule has 0 bridgehead atoms. The van der Waals surface area contributed by atoms with Crippen LogP contribution in [-0.4, -0.2) is 45.3 Å². The predicted octanol–water partition coefficient (Wildman–Crippen LogP) is 2.81. The summed E-state index contributed by atoms with van der Waals surface area (Å²) in [6.45, 7) is 9.15. The van der Waals surface area contributed by atoms with E-state index in [1.165, 1.54) is 0 Å². The van der Waals surface area contributed by atoms with Crippen LogP contribution in [0.15, 0.2) is 10.4 Å². The monoisotopic (exact) mass is 398 g/mol. The van der Waals surface area contributed by atoms with Crippen LogP contribution in [0.4, 0.5) is 13.2 Å². The van der Waals surface area contributed by atoms with E-state index in [0.717, 1.165) is 16.7 Å². The molecule has 1 atom stereocenters. The molecule has 1 heterocycles. The van der Waals surface area contributed by atoms with Crippen molar-refractivity contribution in [3.8, 4) is 0 Å². The Hall–Kier alpha value is -1.16. The Labute approximate surface area is 153 Å². The molecule has 1 rings (SSSR count). The molecule has 10 heteroatoms. The Morgan fingerprint density at radius 3 is 2.52 bits per heavy atom. The van der Waals surface area contributed by atoms with Crippen molar-refractivity contribution in [2.24, 2.45) is 4.99 Å². The average molecular weight is 399 g/mol. The summed E-state index contributed by atoms with van der Waals surface area (Å²) >= 11 is 0.994. The number of hydrogen-bond acceptors (Lipinski definition) is 4. The molecule has 0 fully saturated rings. The molecule has 0 amide bonds. The third kappa shape index (κ3) is 8.17. The van der Waals surface area contributed by atoms with E-state index in [1.807, 2.05) is 27.7 Å². The van der Waals surface area contributed by atoms with Gasteiger partial charge in [0, 0.05) is 46.2 Å². The summed E-state index contributed by atoms with van der Waals surface area (Å²) in [5, 5.41) is 7.55. The number of rotatable bonds is 7. The van der Waals surface area contributed by atoms with Gasteiger partial charge in [-0.3, -0.25) is 9.20 Å². The molecule has 0 radical (unpaired) electrons. The van der Waals surface area contributed by atoms with E-state index in [4.69, 9.17) is 0 Å². The topological polar surface area (TPSA) is 66.4 Å². The third-order valence-corrected chi connectivity index (χ3v) is 5.88. The summed E-state index contributed by atoms with van der Waals surface area (Å²) in [4.78, 5) is 7.94. The van der Waals surface area contributed by atoms with E-state index in [-0.39, 0.29) is 4.75 Å². The molecular formula is C15H25F3N4OS2. The van der Waals surface area contributed by atoms with Crippen molar-refractivity contribution in [3.05, 3.63) is 16.1 Å². The maximum absolute atomic E-state index is 12.5. The molecule has 0 aliphatic heterocycles. The number of aromatic nitrogens is 1. The number of guanidine groups is 1. The first kappa shape index (κ1) is 21.9. The number of halogens is 3. The van der Waals surface area contributed by atoms with E-state index in [0.29, 0.717) is 42.8 Å². The van der Waals surface area contributed by atoms with Crippen molar-refractivity contribution in [1.82, 2.24) is 15.6 Å². The second-order valence-corrected chi connectivity index (χ2v) is 9.49. The minimum Gasteiger partial charge on any atom is -0.357 e. The molecule has 1 aromatic rings. The number of nitrogens with zero attached hydrogens (tertiary/aromatic N) is 2. The molecule has 0 aliphatic rings. The molecule has 0 saturated carbocycles. The maximum atomic E-state index is 12.5. The molecule has 1 unspecified atom stereocenters. The van der Waals surface area contributed by atoms with Crippen molar-refractivity contribution < 1.29 is 17.4 Å². The van der Waals surface area contributed by atoms with Gasteiger partial charge >= 0.3 is 6.18 Å². The van der Waals surface area contributed by atoms with Crippen LogP contribution in [0.25, 0.3) is 0 Å². The minimum atomic E-state index is -4.40. The van der Waals surface area contributed by atoms with Gasteiger partial charge in [0.05, 0.1) is 11.6 Å². The second kappa shape index (κ2) is 9.51. The summed E-state index contributed by atoms with van der Waals surface area (Å²) in [7, 11) is -0.976. The van der Waals surface area contributed by atoms with Crippen molar-refractivity contribution >= 4 is 28.1 Å². The Kier molecular flexibility index (Phi) is 8.33. The number of aliphatic imine (C=N–C) groups is 1. The molecule has 5 nitrogen and oxygen atoms in total. The van der Waals surface area contributed by atoms with Gasteiger partial charge in [-0.2, -0.15) is 13.2 Å². The SMILES string of the molecule is CCNC(=NCCS(=O)C(C)(C)C)NCCc1nc(C(F)(F)F)cs1. The largest absolute Gasteiger partial charge is 0.434 e. The fourth-order valence-corrected chi connectivity index (χ4v) is 3.41. The highest BCUT2D eigenvalue weighted by Crippen LogP contribution is 2.29. The summed E-state index contributed by atoms with van der Waals surface area (Å²) < 4.78 is 49.3. The minimum absolute atomic E-state index is 0.275. The third-order valence-electron chi connectivity index (χ3n) is 3.05. The van der Waals surface area contributed by atoms with Crippen LogP contribution < -0.4 is 10.6 Å². The zero-order valence-electron chi connectivity index (χ0n) is 14.9. The normalized spacial score (nSPS) is 14.4. The van der Waals surface area contributed by atoms with Crippen molar-refractivity contribution in [1.29, 1.82) is 0 Å². The van der Waals surface area contributed by atoms with Crippen LogP contribution in [0.3, 0.4) is 0 Å². The average Bonchev–Trinajstić information content (AvgIpc) is 2.95. The lowest BCUT2D eigenvalue weighted by molar-refractivity contribution is -0.140. The first-order valence-electron chi connectivity index (χ1n) is 7.96. The van der Waals surface area contributed by atoms with Gasteiger partial charge < -0.3 is 10.6 Å². The lowest BCUT2D eigenvalue weighted by Gasteiger charge is -2.17. The van der Waals surface area contributed by atoms with Gasteiger partial charge in [0.2, 0.25) is 0 Å². The van der Waals surface area contributed by atoms with Gasteiger partial charge in [-0.15, -0.1) is 11.3 Å². The van der Waals surface area contributed by atoms with Gasteiger partial charge in [-0.25, -0.2) is 4.98 Å². The number of nitrogens with one attached hydrogen (secondary N) is 2. The van der Waals surface area contributed by atoms with Crippen molar-refractivity contribution in [2.45, 2.75) is 45.0 Å². The van der Waals surface area contributed by atoms with Gasteiger partial charge in [-0.05, 0) is 27.7 Å². The molecule has 2 N–H and O–H groups in total. The summed E-state index contributed by atoms with van der Waals surface area (Å²) in [6, 6.07) is 0. The van der Waals surface area contributed by atoms with E-state index in [1.54, 1.807) is 0 Å². The highest BCUT2D eigenvalue weighted by molar-refractivity contribution is 7.86. The zero-order valence-corrected chi connectivity index (χ0v) is 16.5. The van der Waals surface area contributed by atoms with Crippen LogP contribution in [0.2, 0.25) is 0 Å².